The highest BCUT2D eigenvalue weighted by Gasteiger charge is 2.13. The first-order chi connectivity index (χ1) is 8.67. The van der Waals surface area contributed by atoms with E-state index in [9.17, 15) is 14.3 Å². The smallest absolute Gasteiger partial charge is 0.222 e. The van der Waals surface area contributed by atoms with Crippen LogP contribution < -0.4 is 5.32 Å². The summed E-state index contributed by atoms with van der Waals surface area (Å²) in [6, 6.07) is 5.16. The van der Waals surface area contributed by atoms with Crippen molar-refractivity contribution in [1.82, 2.24) is 5.32 Å². The van der Waals surface area contributed by atoms with Crippen LogP contribution in [0.4, 0.5) is 4.39 Å². The Morgan fingerprint density at radius 2 is 2.11 bits per heavy atom. The maximum absolute atomic E-state index is 12.8. The van der Waals surface area contributed by atoms with E-state index in [1.807, 2.05) is 6.92 Å². The van der Waals surface area contributed by atoms with Gasteiger partial charge in [-0.15, -0.1) is 0 Å². The van der Waals surface area contributed by atoms with Crippen molar-refractivity contribution < 1.29 is 19.0 Å². The summed E-state index contributed by atoms with van der Waals surface area (Å²) in [5, 5.41) is 11.9. The molecule has 5 heteroatoms. The summed E-state index contributed by atoms with van der Waals surface area (Å²) in [5.74, 6) is -0.551. The van der Waals surface area contributed by atoms with Gasteiger partial charge in [-0.05, 0) is 24.6 Å². The molecule has 1 amide bonds. The number of hydrogen-bond acceptors (Lipinski definition) is 3. The third-order valence-electron chi connectivity index (χ3n) is 2.47. The second kappa shape index (κ2) is 7.79. The summed E-state index contributed by atoms with van der Waals surface area (Å²) in [6.45, 7) is 2.54. The van der Waals surface area contributed by atoms with Gasteiger partial charge in [-0.25, -0.2) is 4.39 Å². The molecule has 2 N–H and O–H groups in total. The first kappa shape index (κ1) is 14.6. The van der Waals surface area contributed by atoms with Crippen LogP contribution in [-0.4, -0.2) is 30.8 Å². The zero-order valence-electron chi connectivity index (χ0n) is 10.4. The van der Waals surface area contributed by atoms with Gasteiger partial charge >= 0.3 is 0 Å². The van der Waals surface area contributed by atoms with Gasteiger partial charge in [0.05, 0.1) is 19.3 Å². The number of halogens is 1. The largest absolute Gasteiger partial charge is 0.394 e. The molecule has 0 aliphatic rings. The van der Waals surface area contributed by atoms with Crippen LogP contribution in [0.25, 0.3) is 0 Å². The Balaban J connectivity index is 2.51. The number of nitrogens with one attached hydrogen (secondary N) is 1. The number of aliphatic hydroxyl groups excluding tert-OH is 1. The minimum Gasteiger partial charge on any atom is -0.394 e. The number of hydrogen-bond donors (Lipinski definition) is 2. The van der Waals surface area contributed by atoms with Crippen LogP contribution in [0.3, 0.4) is 0 Å². The standard InChI is InChI=1S/C13H18FNO3/c1-2-18-8-7-13(17)15-12(9-16)10-3-5-11(14)6-4-10/h3-6,12,16H,2,7-9H2,1H3,(H,15,17)/t12-/m1/s1. The minimum absolute atomic E-state index is 0.202. The van der Waals surface area contributed by atoms with Crippen molar-refractivity contribution in [1.29, 1.82) is 0 Å². The zero-order valence-corrected chi connectivity index (χ0v) is 10.4. The van der Waals surface area contributed by atoms with Crippen LogP contribution in [0.5, 0.6) is 0 Å². The molecule has 18 heavy (non-hydrogen) atoms. The van der Waals surface area contributed by atoms with E-state index in [0.29, 0.717) is 18.8 Å². The lowest BCUT2D eigenvalue weighted by Gasteiger charge is -2.16. The van der Waals surface area contributed by atoms with Crippen LogP contribution in [0.1, 0.15) is 24.9 Å². The lowest BCUT2D eigenvalue weighted by molar-refractivity contribution is -0.123. The lowest BCUT2D eigenvalue weighted by Crippen LogP contribution is -2.31. The fraction of sp³-hybridized carbons (Fsp3) is 0.462. The molecule has 4 nitrogen and oxygen atoms in total. The Hall–Kier alpha value is -1.46. The molecule has 0 saturated carbocycles. The van der Waals surface area contributed by atoms with Gasteiger partial charge in [0.15, 0.2) is 0 Å². The normalized spacial score (nSPS) is 12.2. The molecule has 1 atom stereocenters. The number of benzene rings is 1. The van der Waals surface area contributed by atoms with Crippen molar-refractivity contribution in [2.75, 3.05) is 19.8 Å². The Morgan fingerprint density at radius 3 is 2.67 bits per heavy atom. The molecule has 0 bridgehead atoms. The summed E-state index contributed by atoms with van der Waals surface area (Å²) in [5.41, 5.74) is 0.670. The molecule has 0 saturated heterocycles. The molecule has 0 unspecified atom stereocenters. The molecule has 0 fully saturated rings. The highest BCUT2D eigenvalue weighted by molar-refractivity contribution is 5.76. The topological polar surface area (TPSA) is 58.6 Å². The predicted molar refractivity (Wildman–Crippen MR) is 65.5 cm³/mol. The molecule has 0 aromatic heterocycles. The third-order valence-corrected chi connectivity index (χ3v) is 2.47. The van der Waals surface area contributed by atoms with E-state index in [4.69, 9.17) is 4.74 Å². The van der Waals surface area contributed by atoms with E-state index in [1.54, 1.807) is 12.1 Å². The maximum atomic E-state index is 12.8. The van der Waals surface area contributed by atoms with E-state index in [1.165, 1.54) is 12.1 Å². The second-order valence-corrected chi connectivity index (χ2v) is 3.80. The van der Waals surface area contributed by atoms with Gasteiger partial charge in [-0.2, -0.15) is 0 Å². The van der Waals surface area contributed by atoms with Gasteiger partial charge < -0.3 is 15.2 Å². The Kier molecular flexibility index (Phi) is 6.32. The van der Waals surface area contributed by atoms with Crippen molar-refractivity contribution in [2.45, 2.75) is 19.4 Å². The second-order valence-electron chi connectivity index (χ2n) is 3.80. The van der Waals surface area contributed by atoms with Crippen molar-refractivity contribution in [3.63, 3.8) is 0 Å². The molecule has 0 aliphatic carbocycles. The summed E-state index contributed by atoms with van der Waals surface area (Å²) in [7, 11) is 0. The van der Waals surface area contributed by atoms with Crippen LogP contribution in [0.15, 0.2) is 24.3 Å². The summed E-state index contributed by atoms with van der Waals surface area (Å²) in [6.07, 6.45) is 0.242. The first-order valence-electron chi connectivity index (χ1n) is 5.90. The molecule has 0 aliphatic heterocycles. The lowest BCUT2D eigenvalue weighted by atomic mass is 10.1. The summed E-state index contributed by atoms with van der Waals surface area (Å²) < 4.78 is 17.8. The number of aliphatic hydroxyl groups is 1. The van der Waals surface area contributed by atoms with Crippen molar-refractivity contribution in [3.05, 3.63) is 35.6 Å². The third kappa shape index (κ3) is 4.81. The van der Waals surface area contributed by atoms with Crippen molar-refractivity contribution in [2.24, 2.45) is 0 Å². The minimum atomic E-state index is -0.514. The zero-order chi connectivity index (χ0) is 13.4. The van der Waals surface area contributed by atoms with Gasteiger partial charge in [-0.1, -0.05) is 12.1 Å². The SMILES string of the molecule is CCOCCC(=O)N[C@H](CO)c1ccc(F)cc1. The van der Waals surface area contributed by atoms with E-state index in [0.717, 1.165) is 0 Å². The highest BCUT2D eigenvalue weighted by Crippen LogP contribution is 2.13. The van der Waals surface area contributed by atoms with E-state index in [-0.39, 0.29) is 24.8 Å². The molecule has 0 heterocycles. The summed E-state index contributed by atoms with van der Waals surface area (Å²) in [4.78, 5) is 11.6. The number of ether oxygens (including phenoxy) is 1. The highest BCUT2D eigenvalue weighted by atomic mass is 19.1. The number of carbonyl (C=O) groups is 1. The fourth-order valence-electron chi connectivity index (χ4n) is 1.51. The van der Waals surface area contributed by atoms with E-state index in [2.05, 4.69) is 5.32 Å². The maximum Gasteiger partial charge on any atom is 0.222 e. The molecule has 0 radical (unpaired) electrons. The average molecular weight is 255 g/mol. The van der Waals surface area contributed by atoms with Crippen LogP contribution >= 0.6 is 0 Å². The molecular weight excluding hydrogens is 237 g/mol. The van der Waals surface area contributed by atoms with Crippen LogP contribution in [0, 0.1) is 5.82 Å². The first-order valence-corrected chi connectivity index (χ1v) is 5.90. The number of carbonyl (C=O) groups excluding carboxylic acids is 1. The molecule has 1 rings (SSSR count). The molecule has 1 aromatic carbocycles. The Bertz CT molecular complexity index is 367. The fourth-order valence-corrected chi connectivity index (χ4v) is 1.51. The Labute approximate surface area is 106 Å². The molecule has 100 valence electrons. The van der Waals surface area contributed by atoms with Gasteiger partial charge in [0.2, 0.25) is 5.91 Å². The van der Waals surface area contributed by atoms with Gasteiger partial charge in [-0.3, -0.25) is 4.79 Å². The van der Waals surface area contributed by atoms with Gasteiger partial charge in [0.1, 0.15) is 5.82 Å². The van der Waals surface area contributed by atoms with E-state index < -0.39 is 6.04 Å². The Morgan fingerprint density at radius 1 is 1.44 bits per heavy atom. The average Bonchev–Trinajstić information content (AvgIpc) is 2.37. The molecule has 1 aromatic rings. The number of amides is 1. The van der Waals surface area contributed by atoms with Gasteiger partial charge in [0, 0.05) is 13.0 Å². The van der Waals surface area contributed by atoms with E-state index >= 15 is 0 Å². The monoisotopic (exact) mass is 255 g/mol. The molecule has 0 spiro atoms. The van der Waals surface area contributed by atoms with Crippen LogP contribution in [0.2, 0.25) is 0 Å². The van der Waals surface area contributed by atoms with Crippen molar-refractivity contribution in [3.8, 4) is 0 Å². The summed E-state index contributed by atoms with van der Waals surface area (Å²) >= 11 is 0. The van der Waals surface area contributed by atoms with Crippen molar-refractivity contribution >= 4 is 5.91 Å². The number of rotatable bonds is 7. The van der Waals surface area contributed by atoms with Crippen LogP contribution in [-0.2, 0) is 9.53 Å². The van der Waals surface area contributed by atoms with Gasteiger partial charge in [0.25, 0.3) is 0 Å². The quantitative estimate of drug-likeness (QED) is 0.724. The molecular formula is C13H18FNO3. The predicted octanol–water partition coefficient (Wildman–Crippen LogP) is 1.40.